The highest BCUT2D eigenvalue weighted by Crippen LogP contribution is 2.34. The molecule has 0 fully saturated rings. The molecule has 0 saturated heterocycles. The van der Waals surface area contributed by atoms with Crippen LogP contribution in [-0.4, -0.2) is 18.9 Å². The summed E-state index contributed by atoms with van der Waals surface area (Å²) < 4.78 is 4.51. The molecule has 7 rings (SSSR count). The van der Waals surface area contributed by atoms with E-state index in [-0.39, 0.29) is 0 Å². The lowest BCUT2D eigenvalue weighted by Crippen LogP contribution is -1.94. The van der Waals surface area contributed by atoms with E-state index in [1.165, 1.54) is 10.8 Å². The number of hydrogen-bond donors (Lipinski definition) is 1. The molecule has 7 aromatic rings. The van der Waals surface area contributed by atoms with E-state index in [1.807, 2.05) is 6.07 Å². The van der Waals surface area contributed by atoms with Crippen LogP contribution in [0.2, 0.25) is 0 Å². The molecule has 3 heterocycles. The van der Waals surface area contributed by atoms with Gasteiger partial charge in [-0.3, -0.25) is 8.97 Å². The van der Waals surface area contributed by atoms with E-state index >= 15 is 0 Å². The average Bonchev–Trinajstić information content (AvgIpc) is 3.42. The van der Waals surface area contributed by atoms with E-state index in [0.717, 1.165) is 44.6 Å². The Morgan fingerprint density at radius 3 is 2.28 bits per heavy atom. The first-order valence-electron chi connectivity index (χ1n) is 9.76. The van der Waals surface area contributed by atoms with Gasteiger partial charge in [-0.05, 0) is 42.5 Å². The highest BCUT2D eigenvalue weighted by molar-refractivity contribution is 6.16. The van der Waals surface area contributed by atoms with Crippen molar-refractivity contribution in [3.05, 3.63) is 91.0 Å². The van der Waals surface area contributed by atoms with E-state index in [9.17, 15) is 0 Å². The number of H-pyrrole nitrogens is 1. The van der Waals surface area contributed by atoms with Crippen LogP contribution in [0.15, 0.2) is 91.0 Å². The van der Waals surface area contributed by atoms with Gasteiger partial charge < -0.3 is 4.98 Å². The van der Waals surface area contributed by atoms with Crippen LogP contribution in [0.4, 0.5) is 0 Å². The summed E-state index contributed by atoms with van der Waals surface area (Å²) in [6, 6.07) is 31.8. The minimum Gasteiger partial charge on any atom is -0.353 e. The monoisotopic (exact) mass is 372 g/mol. The van der Waals surface area contributed by atoms with Crippen molar-refractivity contribution < 1.29 is 0 Å². The Labute approximate surface area is 165 Å². The summed E-state index contributed by atoms with van der Waals surface area (Å²) in [6.45, 7) is 0. The Bertz CT molecular complexity index is 1700. The second-order valence-electron chi connectivity index (χ2n) is 7.43. The number of rotatable bonds is 1. The molecule has 0 bridgehead atoms. The third kappa shape index (κ3) is 1.85. The smallest absolute Gasteiger partial charge is 0.220 e. The summed E-state index contributed by atoms with van der Waals surface area (Å²) in [7, 11) is 0. The van der Waals surface area contributed by atoms with Crippen molar-refractivity contribution in [2.24, 2.45) is 0 Å². The summed E-state index contributed by atoms with van der Waals surface area (Å²) in [6.07, 6.45) is 0. The molecule has 0 amide bonds. The third-order valence-corrected chi connectivity index (χ3v) is 5.86. The van der Waals surface area contributed by atoms with E-state index in [2.05, 4.69) is 98.9 Å². The minimum absolute atomic E-state index is 0.929. The topological polar surface area (TPSA) is 38.0 Å². The highest BCUT2D eigenvalue weighted by atomic mass is 15.2. The Kier molecular flexibility index (Phi) is 2.71. The van der Waals surface area contributed by atoms with E-state index in [1.54, 1.807) is 0 Å². The molecule has 1 N–H and O–H groups in total. The summed E-state index contributed by atoms with van der Waals surface area (Å²) in [4.78, 5) is 8.74. The molecule has 3 aromatic heterocycles. The van der Waals surface area contributed by atoms with Crippen LogP contribution in [0, 0.1) is 0 Å². The number of benzene rings is 4. The van der Waals surface area contributed by atoms with Crippen LogP contribution in [0.25, 0.3) is 55.3 Å². The summed E-state index contributed by atoms with van der Waals surface area (Å²) in [5.41, 5.74) is 7.78. The molecule has 0 aliphatic heterocycles. The minimum atomic E-state index is 0.929. The maximum Gasteiger partial charge on any atom is 0.220 e. The molecule has 0 unspecified atom stereocenters. The number of nitrogens with zero attached hydrogens (tertiary/aromatic N) is 3. The second-order valence-corrected chi connectivity index (χ2v) is 7.43. The standard InChI is InChI=1S/C25H16N4/c1-2-8-16(9-3-1)28-20-12-6-7-13-21(20)29-22-15-14-18-17-10-4-5-11-19(17)26-23(18)24(22)27-25(28)29/h1-15,26H. The van der Waals surface area contributed by atoms with Gasteiger partial charge in [-0.25, -0.2) is 4.98 Å². The predicted molar refractivity (Wildman–Crippen MR) is 119 cm³/mol. The zero-order valence-corrected chi connectivity index (χ0v) is 15.5. The number of nitrogens with one attached hydrogen (secondary N) is 1. The Hall–Kier alpha value is -4.05. The molecular formula is C25H16N4. The molecule has 4 aromatic carbocycles. The fourth-order valence-electron chi connectivity index (χ4n) is 4.61. The average molecular weight is 372 g/mol. The molecule has 4 nitrogen and oxygen atoms in total. The molecule has 0 aliphatic carbocycles. The molecule has 0 atom stereocenters. The van der Waals surface area contributed by atoms with Gasteiger partial charge in [0.05, 0.1) is 22.1 Å². The zero-order valence-electron chi connectivity index (χ0n) is 15.5. The SMILES string of the molecule is c1ccc(-n2c3ccccc3n3c4ccc5c6ccccc6[nH]c5c4nc23)cc1. The van der Waals surface area contributed by atoms with Crippen molar-refractivity contribution in [3.8, 4) is 5.69 Å². The highest BCUT2D eigenvalue weighted by Gasteiger charge is 2.19. The van der Waals surface area contributed by atoms with Crippen molar-refractivity contribution in [2.75, 3.05) is 0 Å². The zero-order chi connectivity index (χ0) is 18.9. The van der Waals surface area contributed by atoms with Gasteiger partial charge >= 0.3 is 0 Å². The van der Waals surface area contributed by atoms with Gasteiger partial charge in [-0.2, -0.15) is 0 Å². The lowest BCUT2D eigenvalue weighted by molar-refractivity contribution is 1.11. The van der Waals surface area contributed by atoms with Crippen LogP contribution < -0.4 is 0 Å². The molecule has 0 aliphatic rings. The predicted octanol–water partition coefficient (Wildman–Crippen LogP) is 6.07. The fraction of sp³-hybridized carbons (Fsp3) is 0. The second kappa shape index (κ2) is 5.26. The van der Waals surface area contributed by atoms with Gasteiger partial charge in [-0.1, -0.05) is 48.5 Å². The van der Waals surface area contributed by atoms with E-state index in [4.69, 9.17) is 4.98 Å². The summed E-state index contributed by atoms with van der Waals surface area (Å²) >= 11 is 0. The van der Waals surface area contributed by atoms with Crippen LogP contribution in [0.3, 0.4) is 0 Å². The van der Waals surface area contributed by atoms with Gasteiger partial charge in [0.2, 0.25) is 5.78 Å². The van der Waals surface area contributed by atoms with Gasteiger partial charge in [0.25, 0.3) is 0 Å². The van der Waals surface area contributed by atoms with Crippen LogP contribution in [0.1, 0.15) is 0 Å². The normalized spacial score (nSPS) is 12.1. The van der Waals surface area contributed by atoms with E-state index < -0.39 is 0 Å². The number of aromatic nitrogens is 4. The number of para-hydroxylation sites is 4. The van der Waals surface area contributed by atoms with E-state index in [0.29, 0.717) is 0 Å². The van der Waals surface area contributed by atoms with Crippen molar-refractivity contribution in [1.29, 1.82) is 0 Å². The maximum atomic E-state index is 5.15. The largest absolute Gasteiger partial charge is 0.353 e. The maximum absolute atomic E-state index is 5.15. The Morgan fingerprint density at radius 1 is 0.621 bits per heavy atom. The van der Waals surface area contributed by atoms with Crippen molar-refractivity contribution in [2.45, 2.75) is 0 Å². The Morgan fingerprint density at radius 2 is 1.38 bits per heavy atom. The van der Waals surface area contributed by atoms with Crippen molar-refractivity contribution in [3.63, 3.8) is 0 Å². The Balaban J connectivity index is 1.72. The first kappa shape index (κ1) is 14.9. The fourth-order valence-corrected chi connectivity index (χ4v) is 4.61. The molecule has 0 radical (unpaired) electrons. The summed E-state index contributed by atoms with van der Waals surface area (Å²) in [5, 5.41) is 2.45. The van der Waals surface area contributed by atoms with Crippen molar-refractivity contribution in [1.82, 2.24) is 18.9 Å². The third-order valence-electron chi connectivity index (χ3n) is 5.86. The number of hydrogen-bond acceptors (Lipinski definition) is 1. The molecule has 4 heteroatoms. The number of fused-ring (bicyclic) bond motifs is 9. The molecule has 0 spiro atoms. The van der Waals surface area contributed by atoms with Gasteiger partial charge in [-0.15, -0.1) is 0 Å². The van der Waals surface area contributed by atoms with Crippen LogP contribution in [0.5, 0.6) is 0 Å². The number of aromatic amines is 1. The lowest BCUT2D eigenvalue weighted by Gasteiger charge is -2.04. The summed E-state index contributed by atoms with van der Waals surface area (Å²) in [5.74, 6) is 0.929. The molecule has 136 valence electrons. The first-order chi connectivity index (χ1) is 14.4. The number of imidazole rings is 2. The van der Waals surface area contributed by atoms with Gasteiger partial charge in [0, 0.05) is 22.0 Å². The first-order valence-corrected chi connectivity index (χ1v) is 9.76. The van der Waals surface area contributed by atoms with Crippen LogP contribution >= 0.6 is 0 Å². The van der Waals surface area contributed by atoms with Gasteiger partial charge in [0.1, 0.15) is 5.52 Å². The molecular weight excluding hydrogens is 356 g/mol. The molecule has 0 saturated carbocycles. The van der Waals surface area contributed by atoms with Crippen LogP contribution in [-0.2, 0) is 0 Å². The van der Waals surface area contributed by atoms with Crippen molar-refractivity contribution >= 4 is 49.7 Å². The molecule has 29 heavy (non-hydrogen) atoms. The lowest BCUT2D eigenvalue weighted by atomic mass is 10.1. The van der Waals surface area contributed by atoms with Gasteiger partial charge in [0.15, 0.2) is 0 Å². The quantitative estimate of drug-likeness (QED) is 0.373.